The smallest absolute Gasteiger partial charge is 0.248 e. The van der Waals surface area contributed by atoms with Crippen LogP contribution in [-0.4, -0.2) is 21.1 Å². The van der Waals surface area contributed by atoms with Crippen LogP contribution >= 0.6 is 0 Å². The fourth-order valence-corrected chi connectivity index (χ4v) is 2.33. The molecule has 5 nitrogen and oxygen atoms in total. The van der Waals surface area contributed by atoms with E-state index < -0.39 is 0 Å². The highest BCUT2D eigenvalue weighted by Crippen LogP contribution is 2.34. The van der Waals surface area contributed by atoms with E-state index in [0.717, 1.165) is 5.82 Å². The molecule has 1 amide bonds. The lowest BCUT2D eigenvalue weighted by Gasteiger charge is -2.24. The maximum absolute atomic E-state index is 11.7. The monoisotopic (exact) mass is 234 g/mol. The molecule has 2 aliphatic rings. The number of carbonyl (C=O) groups excluding carboxylic acids is 1. The van der Waals surface area contributed by atoms with Crippen molar-refractivity contribution in [2.24, 2.45) is 5.92 Å². The Hall–Kier alpha value is -1.39. The van der Waals surface area contributed by atoms with Gasteiger partial charge in [-0.2, -0.15) is 4.98 Å². The molecular formula is C12H18N4O. The van der Waals surface area contributed by atoms with Gasteiger partial charge in [-0.15, -0.1) is 5.10 Å². The topological polar surface area (TPSA) is 70.7 Å². The number of aromatic amines is 1. The number of nitrogens with one attached hydrogen (secondary N) is 2. The molecule has 3 rings (SSSR count). The van der Waals surface area contributed by atoms with Gasteiger partial charge in [0.1, 0.15) is 5.82 Å². The molecule has 0 saturated heterocycles. The average Bonchev–Trinajstić information content (AvgIpc) is 2.57. The van der Waals surface area contributed by atoms with Crippen LogP contribution < -0.4 is 5.32 Å². The van der Waals surface area contributed by atoms with Gasteiger partial charge in [0.05, 0.1) is 0 Å². The highest BCUT2D eigenvalue weighted by molar-refractivity contribution is 5.89. The second kappa shape index (κ2) is 4.47. The molecule has 5 heteroatoms. The fourth-order valence-electron chi connectivity index (χ4n) is 2.33. The molecule has 0 unspecified atom stereocenters. The van der Waals surface area contributed by atoms with Crippen molar-refractivity contribution in [1.29, 1.82) is 0 Å². The lowest BCUT2D eigenvalue weighted by Crippen LogP contribution is -2.21. The van der Waals surface area contributed by atoms with Crippen molar-refractivity contribution in [3.8, 4) is 0 Å². The van der Waals surface area contributed by atoms with Crippen LogP contribution in [0.1, 0.15) is 56.7 Å². The maximum atomic E-state index is 11.7. The summed E-state index contributed by atoms with van der Waals surface area (Å²) >= 11 is 0. The van der Waals surface area contributed by atoms with Crippen molar-refractivity contribution in [2.45, 2.75) is 50.9 Å². The van der Waals surface area contributed by atoms with Crippen molar-refractivity contribution < 1.29 is 4.79 Å². The van der Waals surface area contributed by atoms with Gasteiger partial charge < -0.3 is 0 Å². The highest BCUT2D eigenvalue weighted by Gasteiger charge is 2.24. The number of hydrogen-bond donors (Lipinski definition) is 2. The number of aromatic nitrogens is 3. The zero-order valence-electron chi connectivity index (χ0n) is 9.91. The van der Waals surface area contributed by atoms with E-state index in [1.165, 1.54) is 38.5 Å². The first-order valence-corrected chi connectivity index (χ1v) is 6.53. The van der Waals surface area contributed by atoms with Crippen molar-refractivity contribution >= 4 is 11.9 Å². The van der Waals surface area contributed by atoms with Gasteiger partial charge in [0, 0.05) is 12.3 Å². The molecule has 1 aromatic rings. The van der Waals surface area contributed by atoms with Crippen LogP contribution in [0.5, 0.6) is 0 Å². The van der Waals surface area contributed by atoms with Crippen molar-refractivity contribution in [2.75, 3.05) is 5.32 Å². The molecule has 2 saturated carbocycles. The van der Waals surface area contributed by atoms with Crippen LogP contribution in [0.25, 0.3) is 0 Å². The molecule has 17 heavy (non-hydrogen) atoms. The summed E-state index contributed by atoms with van der Waals surface area (Å²) in [6.45, 7) is 0. The third kappa shape index (κ3) is 2.33. The Morgan fingerprint density at radius 1 is 1.29 bits per heavy atom. The second-order valence-corrected chi connectivity index (χ2v) is 5.22. The first-order chi connectivity index (χ1) is 8.31. The number of anilines is 1. The van der Waals surface area contributed by atoms with Crippen LogP contribution in [0.2, 0.25) is 0 Å². The average molecular weight is 234 g/mol. The van der Waals surface area contributed by atoms with E-state index in [1.54, 1.807) is 0 Å². The normalized spacial score (nSPS) is 20.7. The second-order valence-electron chi connectivity index (χ2n) is 5.22. The Morgan fingerprint density at radius 2 is 2.06 bits per heavy atom. The summed E-state index contributed by atoms with van der Waals surface area (Å²) in [4.78, 5) is 16.0. The Kier molecular flexibility index (Phi) is 2.82. The van der Waals surface area contributed by atoms with Crippen LogP contribution in [0, 0.1) is 5.92 Å². The molecule has 0 aliphatic heterocycles. The first kappa shape index (κ1) is 10.7. The van der Waals surface area contributed by atoms with Gasteiger partial charge in [0.2, 0.25) is 11.9 Å². The van der Waals surface area contributed by atoms with E-state index in [1.807, 2.05) is 0 Å². The largest absolute Gasteiger partial charge is 0.293 e. The molecule has 0 atom stereocenters. The van der Waals surface area contributed by atoms with Crippen LogP contribution in [-0.2, 0) is 4.79 Å². The Morgan fingerprint density at radius 3 is 2.65 bits per heavy atom. The third-order valence-electron chi connectivity index (χ3n) is 3.94. The summed E-state index contributed by atoms with van der Waals surface area (Å²) in [5.41, 5.74) is 0. The first-order valence-electron chi connectivity index (χ1n) is 6.53. The number of amides is 1. The number of H-pyrrole nitrogens is 1. The van der Waals surface area contributed by atoms with E-state index in [2.05, 4.69) is 20.5 Å². The lowest BCUT2D eigenvalue weighted by molar-refractivity contribution is -0.117. The third-order valence-corrected chi connectivity index (χ3v) is 3.94. The molecule has 0 spiro atoms. The van der Waals surface area contributed by atoms with Gasteiger partial charge in [-0.1, -0.05) is 12.8 Å². The van der Waals surface area contributed by atoms with E-state index >= 15 is 0 Å². The minimum absolute atomic E-state index is 0.0499. The molecular weight excluding hydrogens is 216 g/mol. The number of hydrogen-bond acceptors (Lipinski definition) is 3. The van der Waals surface area contributed by atoms with Gasteiger partial charge in [-0.25, -0.2) is 0 Å². The molecule has 2 fully saturated rings. The summed E-state index contributed by atoms with van der Waals surface area (Å²) in [6, 6.07) is 0. The van der Waals surface area contributed by atoms with E-state index in [4.69, 9.17) is 0 Å². The predicted octanol–water partition coefficient (Wildman–Crippen LogP) is 2.20. The quantitative estimate of drug-likeness (QED) is 0.839. The Balaban J connectivity index is 1.52. The van der Waals surface area contributed by atoms with E-state index in [0.29, 0.717) is 24.2 Å². The minimum atomic E-state index is 0.0499. The SMILES string of the molecule is O=C(CC1CCC1)Nc1n[nH]c(C2CCC2)n1. The molecule has 1 aromatic heterocycles. The Labute approximate surface area is 100 Å². The standard InChI is InChI=1S/C12H18N4O/c17-10(7-8-3-1-4-8)13-12-14-11(15-16-12)9-5-2-6-9/h8-9H,1-7H2,(H2,13,14,15,16,17). The van der Waals surface area contributed by atoms with Gasteiger partial charge in [0.15, 0.2) is 0 Å². The maximum Gasteiger partial charge on any atom is 0.248 e. The highest BCUT2D eigenvalue weighted by atomic mass is 16.1. The van der Waals surface area contributed by atoms with E-state index in [9.17, 15) is 4.79 Å². The summed E-state index contributed by atoms with van der Waals surface area (Å²) < 4.78 is 0. The number of nitrogens with zero attached hydrogens (tertiary/aromatic N) is 2. The van der Waals surface area contributed by atoms with Crippen molar-refractivity contribution in [3.05, 3.63) is 5.82 Å². The van der Waals surface area contributed by atoms with Crippen LogP contribution in [0.3, 0.4) is 0 Å². The molecule has 0 bridgehead atoms. The van der Waals surface area contributed by atoms with Crippen molar-refractivity contribution in [1.82, 2.24) is 15.2 Å². The Bertz CT molecular complexity index is 406. The zero-order chi connectivity index (χ0) is 11.7. The lowest BCUT2D eigenvalue weighted by atomic mass is 9.83. The summed E-state index contributed by atoms with van der Waals surface area (Å²) in [7, 11) is 0. The molecule has 2 aliphatic carbocycles. The number of carbonyl (C=O) groups is 1. The minimum Gasteiger partial charge on any atom is -0.293 e. The van der Waals surface area contributed by atoms with Gasteiger partial charge >= 0.3 is 0 Å². The summed E-state index contributed by atoms with van der Waals surface area (Å²) in [5.74, 6) is 2.53. The van der Waals surface area contributed by atoms with Gasteiger partial charge in [-0.05, 0) is 31.6 Å². The molecule has 1 heterocycles. The molecule has 92 valence electrons. The summed E-state index contributed by atoms with van der Waals surface area (Å²) in [5, 5.41) is 9.73. The van der Waals surface area contributed by atoms with Gasteiger partial charge in [-0.3, -0.25) is 15.2 Å². The molecule has 0 aromatic carbocycles. The molecule has 2 N–H and O–H groups in total. The fraction of sp³-hybridized carbons (Fsp3) is 0.750. The predicted molar refractivity (Wildman–Crippen MR) is 63.6 cm³/mol. The molecule has 0 radical (unpaired) electrons. The van der Waals surface area contributed by atoms with Gasteiger partial charge in [0.25, 0.3) is 0 Å². The summed E-state index contributed by atoms with van der Waals surface area (Å²) in [6.07, 6.45) is 7.91. The number of rotatable bonds is 4. The van der Waals surface area contributed by atoms with Crippen molar-refractivity contribution in [3.63, 3.8) is 0 Å². The zero-order valence-corrected chi connectivity index (χ0v) is 9.91. The van der Waals surface area contributed by atoms with Crippen LogP contribution in [0.15, 0.2) is 0 Å². The van der Waals surface area contributed by atoms with Crippen LogP contribution in [0.4, 0.5) is 5.95 Å². The van der Waals surface area contributed by atoms with E-state index in [-0.39, 0.29) is 5.91 Å².